The maximum absolute atomic E-state index is 12.1. The minimum atomic E-state index is -0.0760. The third-order valence-corrected chi connectivity index (χ3v) is 4.25. The van der Waals surface area contributed by atoms with Gasteiger partial charge in [-0.3, -0.25) is 4.79 Å². The third kappa shape index (κ3) is 5.70. The minimum absolute atomic E-state index is 0.0760. The highest BCUT2D eigenvalue weighted by atomic mass is 16.5. The summed E-state index contributed by atoms with van der Waals surface area (Å²) in [6.45, 7) is 2.95. The van der Waals surface area contributed by atoms with E-state index in [4.69, 9.17) is 9.47 Å². The fourth-order valence-corrected chi connectivity index (χ4v) is 2.86. The van der Waals surface area contributed by atoms with Crippen LogP contribution in [0.2, 0.25) is 0 Å². The second-order valence-corrected chi connectivity index (χ2v) is 6.14. The van der Waals surface area contributed by atoms with Crippen LogP contribution >= 0.6 is 0 Å². The van der Waals surface area contributed by atoms with E-state index in [1.54, 1.807) is 0 Å². The number of benzene rings is 1. The van der Waals surface area contributed by atoms with E-state index in [0.717, 1.165) is 44.5 Å². The van der Waals surface area contributed by atoms with Crippen LogP contribution in [0.4, 0.5) is 0 Å². The van der Waals surface area contributed by atoms with Crippen LogP contribution in [0.1, 0.15) is 64.7 Å². The second kappa shape index (κ2) is 9.50. The van der Waals surface area contributed by atoms with Crippen LogP contribution in [0.3, 0.4) is 0 Å². The van der Waals surface area contributed by atoms with Gasteiger partial charge in [0.25, 0.3) is 0 Å². The average molecular weight is 304 g/mol. The molecule has 0 aromatic heterocycles. The number of carbonyl (C=O) groups is 1. The van der Waals surface area contributed by atoms with Gasteiger partial charge in [-0.15, -0.1) is 0 Å². The monoisotopic (exact) mass is 304 g/mol. The lowest BCUT2D eigenvalue weighted by Gasteiger charge is -2.19. The molecule has 0 spiro atoms. The van der Waals surface area contributed by atoms with Crippen LogP contribution in [0.5, 0.6) is 11.5 Å². The summed E-state index contributed by atoms with van der Waals surface area (Å²) in [5, 5.41) is 0. The summed E-state index contributed by atoms with van der Waals surface area (Å²) < 4.78 is 11.2. The van der Waals surface area contributed by atoms with Crippen molar-refractivity contribution in [3.05, 3.63) is 24.3 Å². The molecule has 0 amide bonds. The fraction of sp³-hybridized carbons (Fsp3) is 0.632. The first-order valence-electron chi connectivity index (χ1n) is 8.74. The van der Waals surface area contributed by atoms with Gasteiger partial charge in [-0.2, -0.15) is 0 Å². The van der Waals surface area contributed by atoms with E-state index >= 15 is 0 Å². The number of ether oxygens (including phenoxy) is 2. The van der Waals surface area contributed by atoms with Gasteiger partial charge < -0.3 is 9.47 Å². The van der Waals surface area contributed by atoms with Gasteiger partial charge in [-0.25, -0.2) is 0 Å². The third-order valence-electron chi connectivity index (χ3n) is 4.25. The van der Waals surface area contributed by atoms with Crippen LogP contribution in [-0.2, 0) is 4.79 Å². The van der Waals surface area contributed by atoms with Gasteiger partial charge in [0.15, 0.2) is 0 Å². The van der Waals surface area contributed by atoms with Crippen LogP contribution in [-0.4, -0.2) is 12.6 Å². The molecule has 0 unspecified atom stereocenters. The molecule has 0 atom stereocenters. The Kier molecular flexibility index (Phi) is 7.27. The Balaban J connectivity index is 1.72. The molecule has 0 heterocycles. The van der Waals surface area contributed by atoms with Crippen molar-refractivity contribution in [2.24, 2.45) is 5.92 Å². The predicted molar refractivity (Wildman–Crippen MR) is 88.3 cm³/mol. The molecule has 1 fully saturated rings. The van der Waals surface area contributed by atoms with E-state index in [9.17, 15) is 4.79 Å². The van der Waals surface area contributed by atoms with Crippen molar-refractivity contribution >= 4 is 5.97 Å². The molecular weight excluding hydrogens is 276 g/mol. The molecule has 1 aromatic rings. The van der Waals surface area contributed by atoms with E-state index in [2.05, 4.69) is 6.92 Å². The molecule has 22 heavy (non-hydrogen) atoms. The molecule has 2 rings (SSSR count). The summed E-state index contributed by atoms with van der Waals surface area (Å²) in [5.74, 6) is 1.47. The Hall–Kier alpha value is -1.51. The highest BCUT2D eigenvalue weighted by molar-refractivity contribution is 5.75. The van der Waals surface area contributed by atoms with Crippen LogP contribution < -0.4 is 9.47 Å². The van der Waals surface area contributed by atoms with E-state index in [0.29, 0.717) is 5.75 Å². The Morgan fingerprint density at radius 2 is 1.68 bits per heavy atom. The smallest absolute Gasteiger partial charge is 0.314 e. The Bertz CT molecular complexity index is 432. The van der Waals surface area contributed by atoms with Crippen LogP contribution in [0.15, 0.2) is 24.3 Å². The first-order valence-corrected chi connectivity index (χ1v) is 8.74. The lowest BCUT2D eigenvalue weighted by Crippen LogP contribution is -2.22. The predicted octanol–water partition coefficient (Wildman–Crippen LogP) is 5.13. The molecule has 1 aliphatic carbocycles. The summed E-state index contributed by atoms with van der Waals surface area (Å²) in [4.78, 5) is 12.1. The van der Waals surface area contributed by atoms with Gasteiger partial charge in [-0.1, -0.05) is 45.4 Å². The number of esters is 1. The zero-order valence-electron chi connectivity index (χ0n) is 13.7. The van der Waals surface area contributed by atoms with Crippen molar-refractivity contribution in [1.29, 1.82) is 0 Å². The average Bonchev–Trinajstić information content (AvgIpc) is 2.57. The van der Waals surface area contributed by atoms with Crippen molar-refractivity contribution in [2.75, 3.05) is 6.61 Å². The van der Waals surface area contributed by atoms with E-state index < -0.39 is 0 Å². The van der Waals surface area contributed by atoms with E-state index in [1.807, 2.05) is 24.3 Å². The van der Waals surface area contributed by atoms with Crippen molar-refractivity contribution in [1.82, 2.24) is 0 Å². The molecule has 0 aliphatic heterocycles. The standard InChI is InChI=1S/C19H28O3/c1-2-3-4-8-15-21-17-11-13-18(14-12-17)22-19(20)16-9-6-5-7-10-16/h11-14,16H,2-10,15H2,1H3. The van der Waals surface area contributed by atoms with Crippen molar-refractivity contribution in [2.45, 2.75) is 64.7 Å². The zero-order valence-corrected chi connectivity index (χ0v) is 13.7. The number of rotatable bonds is 8. The van der Waals surface area contributed by atoms with Gasteiger partial charge in [0.05, 0.1) is 12.5 Å². The summed E-state index contributed by atoms with van der Waals surface area (Å²) >= 11 is 0. The molecule has 3 heteroatoms. The number of unbranched alkanes of at least 4 members (excludes halogenated alkanes) is 3. The fourth-order valence-electron chi connectivity index (χ4n) is 2.86. The molecule has 0 radical (unpaired) electrons. The lowest BCUT2D eigenvalue weighted by atomic mass is 9.89. The van der Waals surface area contributed by atoms with Crippen molar-refractivity contribution in [3.63, 3.8) is 0 Å². The normalized spacial score (nSPS) is 15.5. The maximum atomic E-state index is 12.1. The molecule has 3 nitrogen and oxygen atoms in total. The maximum Gasteiger partial charge on any atom is 0.314 e. The van der Waals surface area contributed by atoms with Crippen LogP contribution in [0, 0.1) is 5.92 Å². The van der Waals surface area contributed by atoms with Gasteiger partial charge >= 0.3 is 5.97 Å². The molecule has 1 saturated carbocycles. The molecule has 0 bridgehead atoms. The minimum Gasteiger partial charge on any atom is -0.494 e. The Morgan fingerprint density at radius 3 is 2.36 bits per heavy atom. The number of hydrogen-bond acceptors (Lipinski definition) is 3. The summed E-state index contributed by atoms with van der Waals surface area (Å²) in [5.41, 5.74) is 0. The molecule has 1 aliphatic rings. The van der Waals surface area contributed by atoms with E-state index in [-0.39, 0.29) is 11.9 Å². The van der Waals surface area contributed by atoms with Gasteiger partial charge in [0, 0.05) is 0 Å². The van der Waals surface area contributed by atoms with Gasteiger partial charge in [0.2, 0.25) is 0 Å². The quantitative estimate of drug-likeness (QED) is 0.379. The topological polar surface area (TPSA) is 35.5 Å². The van der Waals surface area contributed by atoms with Crippen molar-refractivity contribution < 1.29 is 14.3 Å². The van der Waals surface area contributed by atoms with Crippen molar-refractivity contribution in [3.8, 4) is 11.5 Å². The Morgan fingerprint density at radius 1 is 1.00 bits per heavy atom. The number of hydrogen-bond donors (Lipinski definition) is 0. The first kappa shape index (κ1) is 16.9. The molecular formula is C19H28O3. The lowest BCUT2D eigenvalue weighted by molar-refractivity contribution is -0.139. The SMILES string of the molecule is CCCCCCOc1ccc(OC(=O)C2CCCCC2)cc1. The highest BCUT2D eigenvalue weighted by Crippen LogP contribution is 2.26. The summed E-state index contributed by atoms with van der Waals surface area (Å²) in [7, 11) is 0. The van der Waals surface area contributed by atoms with Crippen LogP contribution in [0.25, 0.3) is 0 Å². The molecule has 0 saturated heterocycles. The van der Waals surface area contributed by atoms with Gasteiger partial charge in [-0.05, 0) is 43.5 Å². The van der Waals surface area contributed by atoms with E-state index in [1.165, 1.54) is 25.7 Å². The summed E-state index contributed by atoms with van der Waals surface area (Å²) in [6, 6.07) is 7.40. The second-order valence-electron chi connectivity index (χ2n) is 6.14. The Labute approximate surface area is 134 Å². The first-order chi connectivity index (χ1) is 10.8. The molecule has 1 aromatic carbocycles. The largest absolute Gasteiger partial charge is 0.494 e. The molecule has 122 valence electrons. The zero-order chi connectivity index (χ0) is 15.6. The highest BCUT2D eigenvalue weighted by Gasteiger charge is 2.22. The number of carbonyl (C=O) groups excluding carboxylic acids is 1. The summed E-state index contributed by atoms with van der Waals surface area (Å²) in [6.07, 6.45) is 10.3. The molecule has 0 N–H and O–H groups in total. The van der Waals surface area contributed by atoms with Gasteiger partial charge in [0.1, 0.15) is 11.5 Å².